The predicted molar refractivity (Wildman–Crippen MR) is 121 cm³/mol. The minimum Gasteiger partial charge on any atom is -0.461 e. The highest BCUT2D eigenvalue weighted by atomic mass is 16.6. The summed E-state index contributed by atoms with van der Waals surface area (Å²) in [5.74, 6) is -0.978. The molecular formula is C26H33NO4. The van der Waals surface area contributed by atoms with Crippen molar-refractivity contribution in [2.75, 3.05) is 19.7 Å². The van der Waals surface area contributed by atoms with E-state index in [2.05, 4.69) is 11.8 Å². The number of rotatable bonds is 9. The van der Waals surface area contributed by atoms with Crippen molar-refractivity contribution in [1.29, 1.82) is 0 Å². The Morgan fingerprint density at radius 3 is 2.06 bits per heavy atom. The van der Waals surface area contributed by atoms with Crippen molar-refractivity contribution in [3.63, 3.8) is 0 Å². The fourth-order valence-corrected chi connectivity index (χ4v) is 4.32. The largest absolute Gasteiger partial charge is 0.461 e. The fraction of sp³-hybridized carbons (Fsp3) is 0.462. The molecule has 2 aromatic carbocycles. The van der Waals surface area contributed by atoms with Crippen LogP contribution in [-0.2, 0) is 31.9 Å². The molecule has 1 aliphatic heterocycles. The Morgan fingerprint density at radius 2 is 1.55 bits per heavy atom. The van der Waals surface area contributed by atoms with Gasteiger partial charge in [-0.25, -0.2) is 4.79 Å². The molecular weight excluding hydrogens is 390 g/mol. The highest BCUT2D eigenvalue weighted by Gasteiger charge is 2.44. The van der Waals surface area contributed by atoms with Crippen LogP contribution in [-0.4, -0.2) is 48.2 Å². The Kier molecular flexibility index (Phi) is 8.24. The lowest BCUT2D eigenvalue weighted by molar-refractivity contribution is -0.182. The van der Waals surface area contributed by atoms with E-state index in [0.29, 0.717) is 12.6 Å². The third kappa shape index (κ3) is 6.66. The number of hydrogen-bond acceptors (Lipinski definition) is 5. The van der Waals surface area contributed by atoms with Gasteiger partial charge < -0.3 is 9.47 Å². The summed E-state index contributed by atoms with van der Waals surface area (Å²) in [6.07, 6.45) is 4.13. The maximum atomic E-state index is 13.4. The second-order valence-electron chi connectivity index (χ2n) is 8.43. The summed E-state index contributed by atoms with van der Waals surface area (Å²) in [6, 6.07) is 19.8. The minimum atomic E-state index is -1.40. The molecule has 0 aromatic heterocycles. The van der Waals surface area contributed by atoms with Crippen LogP contribution in [0, 0.1) is 0 Å². The SMILES string of the molecule is CC(=O)OC(Cc1ccccc1)(Cc1ccccc1)C(=O)OCCN1CCCCC1C. The maximum absolute atomic E-state index is 13.4. The lowest BCUT2D eigenvalue weighted by Crippen LogP contribution is -2.49. The quantitative estimate of drug-likeness (QED) is 0.566. The zero-order valence-electron chi connectivity index (χ0n) is 18.6. The minimum absolute atomic E-state index is 0.265. The van der Waals surface area contributed by atoms with Crippen molar-refractivity contribution in [3.05, 3.63) is 71.8 Å². The van der Waals surface area contributed by atoms with E-state index in [0.717, 1.165) is 17.7 Å². The monoisotopic (exact) mass is 423 g/mol. The Balaban J connectivity index is 1.79. The number of carbonyl (C=O) groups excluding carboxylic acids is 2. The van der Waals surface area contributed by atoms with E-state index in [1.54, 1.807) is 0 Å². The van der Waals surface area contributed by atoms with E-state index < -0.39 is 17.5 Å². The first-order chi connectivity index (χ1) is 15.0. The van der Waals surface area contributed by atoms with Crippen LogP contribution in [0.2, 0.25) is 0 Å². The molecule has 3 rings (SSSR count). The van der Waals surface area contributed by atoms with E-state index in [1.807, 2.05) is 60.7 Å². The molecule has 0 spiro atoms. The summed E-state index contributed by atoms with van der Waals surface area (Å²) >= 11 is 0. The van der Waals surface area contributed by atoms with Crippen LogP contribution in [0.4, 0.5) is 0 Å². The van der Waals surface area contributed by atoms with Gasteiger partial charge in [-0.05, 0) is 37.4 Å². The second-order valence-corrected chi connectivity index (χ2v) is 8.43. The van der Waals surface area contributed by atoms with Crippen LogP contribution >= 0.6 is 0 Å². The third-order valence-corrected chi connectivity index (χ3v) is 5.93. The fourth-order valence-electron chi connectivity index (χ4n) is 4.32. The summed E-state index contributed by atoms with van der Waals surface area (Å²) in [5.41, 5.74) is 0.435. The smallest absolute Gasteiger partial charge is 0.351 e. The average molecular weight is 424 g/mol. The Bertz CT molecular complexity index is 796. The number of likely N-dealkylation sites (tertiary alicyclic amines) is 1. The number of esters is 2. The van der Waals surface area contributed by atoms with E-state index in [1.165, 1.54) is 26.2 Å². The summed E-state index contributed by atoms with van der Waals surface area (Å²) < 4.78 is 11.5. The van der Waals surface area contributed by atoms with Crippen molar-refractivity contribution in [1.82, 2.24) is 4.90 Å². The molecule has 0 aliphatic carbocycles. The van der Waals surface area contributed by atoms with Gasteiger partial charge in [0.2, 0.25) is 5.60 Å². The molecule has 0 radical (unpaired) electrons. The zero-order valence-corrected chi connectivity index (χ0v) is 18.6. The molecule has 1 aliphatic rings. The highest BCUT2D eigenvalue weighted by Crippen LogP contribution is 2.26. The highest BCUT2D eigenvalue weighted by molar-refractivity contribution is 5.84. The molecule has 0 amide bonds. The Morgan fingerprint density at radius 1 is 0.968 bits per heavy atom. The first-order valence-corrected chi connectivity index (χ1v) is 11.2. The normalized spacial score (nSPS) is 17.2. The van der Waals surface area contributed by atoms with E-state index in [-0.39, 0.29) is 19.4 Å². The molecule has 1 fully saturated rings. The van der Waals surface area contributed by atoms with Gasteiger partial charge in [-0.15, -0.1) is 0 Å². The maximum Gasteiger partial charge on any atom is 0.351 e. The molecule has 1 saturated heterocycles. The topological polar surface area (TPSA) is 55.8 Å². The van der Waals surface area contributed by atoms with Crippen LogP contribution < -0.4 is 0 Å². The molecule has 0 bridgehead atoms. The number of ether oxygens (including phenoxy) is 2. The van der Waals surface area contributed by atoms with Gasteiger partial charge in [0.25, 0.3) is 0 Å². The second kappa shape index (κ2) is 11.1. The van der Waals surface area contributed by atoms with Crippen molar-refractivity contribution in [2.24, 2.45) is 0 Å². The third-order valence-electron chi connectivity index (χ3n) is 5.93. The van der Waals surface area contributed by atoms with Crippen LogP contribution in [0.5, 0.6) is 0 Å². The van der Waals surface area contributed by atoms with Gasteiger partial charge in [0.15, 0.2) is 0 Å². The Labute approximate surface area is 185 Å². The first-order valence-electron chi connectivity index (χ1n) is 11.2. The molecule has 1 atom stereocenters. The average Bonchev–Trinajstić information content (AvgIpc) is 2.76. The van der Waals surface area contributed by atoms with Gasteiger partial charge in [-0.2, -0.15) is 0 Å². The van der Waals surface area contributed by atoms with Gasteiger partial charge in [0.05, 0.1) is 0 Å². The molecule has 1 unspecified atom stereocenters. The molecule has 0 saturated carbocycles. The molecule has 31 heavy (non-hydrogen) atoms. The van der Waals surface area contributed by atoms with Crippen LogP contribution in [0.1, 0.15) is 44.2 Å². The molecule has 166 valence electrons. The Hall–Kier alpha value is -2.66. The van der Waals surface area contributed by atoms with E-state index in [4.69, 9.17) is 9.47 Å². The summed E-state index contributed by atoms with van der Waals surface area (Å²) in [7, 11) is 0. The molecule has 5 nitrogen and oxygen atoms in total. The van der Waals surface area contributed by atoms with Crippen LogP contribution in [0.25, 0.3) is 0 Å². The van der Waals surface area contributed by atoms with Crippen molar-refractivity contribution in [3.8, 4) is 0 Å². The van der Waals surface area contributed by atoms with Crippen molar-refractivity contribution in [2.45, 2.75) is 57.6 Å². The first kappa shape index (κ1) is 23.0. The summed E-state index contributed by atoms with van der Waals surface area (Å²) in [5, 5.41) is 0. The number of nitrogens with zero attached hydrogens (tertiary/aromatic N) is 1. The van der Waals surface area contributed by atoms with Gasteiger partial charge in [0, 0.05) is 32.4 Å². The van der Waals surface area contributed by atoms with Crippen molar-refractivity contribution >= 4 is 11.9 Å². The van der Waals surface area contributed by atoms with E-state index in [9.17, 15) is 9.59 Å². The van der Waals surface area contributed by atoms with Crippen LogP contribution in [0.15, 0.2) is 60.7 Å². The predicted octanol–water partition coefficient (Wildman–Crippen LogP) is 4.19. The lowest BCUT2D eigenvalue weighted by Gasteiger charge is -2.34. The molecule has 0 N–H and O–H groups in total. The number of carbonyl (C=O) groups is 2. The van der Waals surface area contributed by atoms with Crippen LogP contribution in [0.3, 0.4) is 0 Å². The van der Waals surface area contributed by atoms with Gasteiger partial charge in [-0.3, -0.25) is 9.69 Å². The molecule has 2 aromatic rings. The van der Waals surface area contributed by atoms with E-state index >= 15 is 0 Å². The standard InChI is InChI=1S/C26H33NO4/c1-21-11-9-10-16-27(21)17-18-30-25(29)26(31-22(2)28,19-23-12-5-3-6-13-23)20-24-14-7-4-8-15-24/h3-8,12-15,21H,9-11,16-20H2,1-2H3. The lowest BCUT2D eigenvalue weighted by atomic mass is 9.87. The molecule has 5 heteroatoms. The summed E-state index contributed by atoms with van der Waals surface area (Å²) in [4.78, 5) is 27.8. The zero-order chi connectivity index (χ0) is 22.1. The van der Waals surface area contributed by atoms with Gasteiger partial charge in [-0.1, -0.05) is 67.1 Å². The number of hydrogen-bond donors (Lipinski definition) is 0. The van der Waals surface area contributed by atoms with Gasteiger partial charge in [0.1, 0.15) is 6.61 Å². The van der Waals surface area contributed by atoms with Crippen molar-refractivity contribution < 1.29 is 19.1 Å². The number of piperidine rings is 1. The van der Waals surface area contributed by atoms with Gasteiger partial charge >= 0.3 is 11.9 Å². The number of benzene rings is 2. The molecule has 1 heterocycles. The summed E-state index contributed by atoms with van der Waals surface area (Å²) in [6.45, 7) is 5.57.